The van der Waals surface area contributed by atoms with Gasteiger partial charge in [-0.2, -0.15) is 16.7 Å². The number of benzene rings is 1. The van der Waals surface area contributed by atoms with Crippen LogP contribution in [0.4, 0.5) is 5.69 Å². The van der Waals surface area contributed by atoms with Gasteiger partial charge in [0.1, 0.15) is 6.04 Å². The van der Waals surface area contributed by atoms with E-state index in [-0.39, 0.29) is 29.7 Å². The molecule has 0 saturated carbocycles. The third kappa shape index (κ3) is 6.56. The van der Waals surface area contributed by atoms with Crippen molar-refractivity contribution in [3.63, 3.8) is 0 Å². The lowest BCUT2D eigenvalue weighted by molar-refractivity contribution is -0.384. The molecule has 0 aliphatic heterocycles. The summed E-state index contributed by atoms with van der Waals surface area (Å²) in [5.74, 6) is 0.0997. The number of nitro groups is 1. The first-order valence-electron chi connectivity index (χ1n) is 8.85. The maximum atomic E-state index is 12.5. The summed E-state index contributed by atoms with van der Waals surface area (Å²) in [6.45, 7) is 3.60. The molecular weight excluding hydrogens is 400 g/mol. The maximum absolute atomic E-state index is 12.5. The second-order valence-electron chi connectivity index (χ2n) is 6.42. The fraction of sp³-hybridized carbons (Fsp3) is 0.444. The zero-order chi connectivity index (χ0) is 21.4. The van der Waals surface area contributed by atoms with Crippen molar-refractivity contribution in [2.45, 2.75) is 38.8 Å². The molecule has 0 saturated heterocycles. The Bertz CT molecular complexity index is 870. The molecule has 1 aromatic carbocycles. The van der Waals surface area contributed by atoms with Crippen LogP contribution in [0.2, 0.25) is 0 Å². The first kappa shape index (κ1) is 22.3. The van der Waals surface area contributed by atoms with E-state index in [1.807, 2.05) is 20.1 Å². The number of nitro benzene ring substituents is 1. The molecule has 0 aliphatic rings. The predicted molar refractivity (Wildman–Crippen MR) is 106 cm³/mol. The molecule has 156 valence electrons. The molecule has 0 bridgehead atoms. The number of carbonyl (C=O) groups is 2. The molecule has 1 heterocycles. The summed E-state index contributed by atoms with van der Waals surface area (Å²) >= 11 is 1.51. The van der Waals surface area contributed by atoms with Gasteiger partial charge in [-0.3, -0.25) is 14.9 Å². The first-order chi connectivity index (χ1) is 13.8. The lowest BCUT2D eigenvalue weighted by atomic mass is 10.1. The number of thioether (sulfide) groups is 1. The Hall–Kier alpha value is -2.95. The third-order valence-electron chi connectivity index (χ3n) is 3.86. The fourth-order valence-electron chi connectivity index (χ4n) is 2.28. The van der Waals surface area contributed by atoms with Crippen molar-refractivity contribution < 1.29 is 23.8 Å². The number of non-ortho nitro benzene ring substituents is 1. The molecule has 29 heavy (non-hydrogen) atoms. The van der Waals surface area contributed by atoms with Crippen molar-refractivity contribution in [3.05, 3.63) is 51.7 Å². The molecular formula is C18H22N4O6S. The van der Waals surface area contributed by atoms with Gasteiger partial charge in [0.2, 0.25) is 0 Å². The Morgan fingerprint density at radius 2 is 2.14 bits per heavy atom. The summed E-state index contributed by atoms with van der Waals surface area (Å²) in [5, 5.41) is 17.3. The average molecular weight is 422 g/mol. The number of esters is 1. The van der Waals surface area contributed by atoms with Crippen LogP contribution in [-0.2, 0) is 16.1 Å². The van der Waals surface area contributed by atoms with Crippen LogP contribution in [0, 0.1) is 10.1 Å². The van der Waals surface area contributed by atoms with Gasteiger partial charge >= 0.3 is 5.97 Å². The highest BCUT2D eigenvalue weighted by Gasteiger charge is 2.24. The standard InChI is InChI=1S/C18H22N4O6S/c1-11(2)16-20-15(28-21-16)10-27-18(24)14(7-8-29-3)19-17(23)12-5-4-6-13(9-12)22(25)26/h4-6,9,11,14H,7-8,10H2,1-3H3,(H,19,23). The van der Waals surface area contributed by atoms with Crippen LogP contribution in [0.3, 0.4) is 0 Å². The summed E-state index contributed by atoms with van der Waals surface area (Å²) in [6.07, 6.45) is 2.21. The van der Waals surface area contributed by atoms with Gasteiger partial charge in [-0.15, -0.1) is 0 Å². The molecule has 2 aromatic rings. The second kappa shape index (κ2) is 10.6. The van der Waals surface area contributed by atoms with Gasteiger partial charge in [0.25, 0.3) is 17.5 Å². The molecule has 1 unspecified atom stereocenters. The van der Waals surface area contributed by atoms with Crippen LogP contribution in [0.5, 0.6) is 0 Å². The Labute approximate surface area is 171 Å². The van der Waals surface area contributed by atoms with Crippen LogP contribution < -0.4 is 5.32 Å². The monoisotopic (exact) mass is 422 g/mol. The van der Waals surface area contributed by atoms with Crippen LogP contribution in [0.15, 0.2) is 28.8 Å². The molecule has 0 spiro atoms. The highest BCUT2D eigenvalue weighted by Crippen LogP contribution is 2.14. The van der Waals surface area contributed by atoms with Crippen molar-refractivity contribution in [1.82, 2.24) is 15.5 Å². The van der Waals surface area contributed by atoms with E-state index in [1.54, 1.807) is 0 Å². The van der Waals surface area contributed by atoms with Crippen LogP contribution >= 0.6 is 11.8 Å². The first-order valence-corrected chi connectivity index (χ1v) is 10.2. The van der Waals surface area contributed by atoms with Crippen LogP contribution in [-0.4, -0.2) is 45.0 Å². The molecule has 11 heteroatoms. The lowest BCUT2D eigenvalue weighted by Gasteiger charge is -2.16. The number of hydrogen-bond acceptors (Lipinski definition) is 9. The molecule has 1 aromatic heterocycles. The van der Waals surface area contributed by atoms with Gasteiger partial charge in [0.15, 0.2) is 12.4 Å². The fourth-order valence-corrected chi connectivity index (χ4v) is 2.75. The van der Waals surface area contributed by atoms with Crippen molar-refractivity contribution in [1.29, 1.82) is 0 Å². The minimum Gasteiger partial charge on any atom is -0.454 e. The number of nitrogens with zero attached hydrogens (tertiary/aromatic N) is 3. The summed E-state index contributed by atoms with van der Waals surface area (Å²) in [4.78, 5) is 39.3. The maximum Gasteiger partial charge on any atom is 0.329 e. The van der Waals surface area contributed by atoms with Gasteiger partial charge in [0, 0.05) is 23.6 Å². The van der Waals surface area contributed by atoms with Gasteiger partial charge in [-0.1, -0.05) is 25.1 Å². The Morgan fingerprint density at radius 3 is 2.76 bits per heavy atom. The van der Waals surface area contributed by atoms with Gasteiger partial charge in [-0.05, 0) is 24.5 Å². The minimum atomic E-state index is -0.915. The van der Waals surface area contributed by atoms with Crippen molar-refractivity contribution in [2.24, 2.45) is 0 Å². The molecule has 1 amide bonds. The lowest BCUT2D eigenvalue weighted by Crippen LogP contribution is -2.42. The number of carbonyl (C=O) groups excluding carboxylic acids is 2. The summed E-state index contributed by atoms with van der Waals surface area (Å²) < 4.78 is 10.2. The number of nitrogens with one attached hydrogen (secondary N) is 1. The van der Waals surface area contributed by atoms with E-state index >= 15 is 0 Å². The van der Waals surface area contributed by atoms with Crippen molar-refractivity contribution in [2.75, 3.05) is 12.0 Å². The molecule has 1 N–H and O–H groups in total. The van der Waals surface area contributed by atoms with E-state index in [0.717, 1.165) is 6.07 Å². The number of aromatic nitrogens is 2. The minimum absolute atomic E-state index is 0.0757. The predicted octanol–water partition coefficient (Wildman–Crippen LogP) is 2.70. The zero-order valence-corrected chi connectivity index (χ0v) is 17.1. The van der Waals surface area contributed by atoms with E-state index in [4.69, 9.17) is 9.26 Å². The van der Waals surface area contributed by atoms with E-state index in [1.165, 1.54) is 30.0 Å². The smallest absolute Gasteiger partial charge is 0.329 e. The van der Waals surface area contributed by atoms with Crippen molar-refractivity contribution >= 4 is 29.3 Å². The molecule has 1 atom stereocenters. The van der Waals surface area contributed by atoms with E-state index in [9.17, 15) is 19.7 Å². The van der Waals surface area contributed by atoms with E-state index in [2.05, 4.69) is 15.5 Å². The molecule has 2 rings (SSSR count). The van der Waals surface area contributed by atoms with Crippen molar-refractivity contribution in [3.8, 4) is 0 Å². The van der Waals surface area contributed by atoms with Crippen LogP contribution in [0.1, 0.15) is 48.3 Å². The molecule has 0 radical (unpaired) electrons. The van der Waals surface area contributed by atoms with Gasteiger partial charge < -0.3 is 14.6 Å². The second-order valence-corrected chi connectivity index (χ2v) is 7.41. The molecule has 0 fully saturated rings. The number of hydrogen-bond donors (Lipinski definition) is 1. The summed E-state index contributed by atoms with van der Waals surface area (Å²) in [6, 6.07) is 4.36. The van der Waals surface area contributed by atoms with Gasteiger partial charge in [-0.25, -0.2) is 4.79 Å². The topological polar surface area (TPSA) is 137 Å². The highest BCUT2D eigenvalue weighted by atomic mass is 32.2. The third-order valence-corrected chi connectivity index (χ3v) is 4.50. The largest absolute Gasteiger partial charge is 0.454 e. The van der Waals surface area contributed by atoms with E-state index in [0.29, 0.717) is 18.0 Å². The number of amides is 1. The zero-order valence-electron chi connectivity index (χ0n) is 16.3. The van der Waals surface area contributed by atoms with E-state index < -0.39 is 22.8 Å². The number of rotatable bonds is 10. The normalized spacial score (nSPS) is 11.9. The van der Waals surface area contributed by atoms with Crippen LogP contribution in [0.25, 0.3) is 0 Å². The van der Waals surface area contributed by atoms with Gasteiger partial charge in [0.05, 0.1) is 4.92 Å². The highest BCUT2D eigenvalue weighted by molar-refractivity contribution is 7.98. The average Bonchev–Trinajstić information content (AvgIpc) is 3.18. The SMILES string of the molecule is CSCCC(NC(=O)c1cccc([N+](=O)[O-])c1)C(=O)OCc1nc(C(C)C)no1. The molecule has 0 aliphatic carbocycles. The summed E-state index contributed by atoms with van der Waals surface area (Å²) in [7, 11) is 0. The summed E-state index contributed by atoms with van der Waals surface area (Å²) in [5.41, 5.74) is -0.127. The Kier molecular flexibility index (Phi) is 8.13. The Morgan fingerprint density at radius 1 is 1.38 bits per heavy atom. The Balaban J connectivity index is 2.03. The number of ether oxygens (including phenoxy) is 1. The molecule has 10 nitrogen and oxygen atoms in total. The quantitative estimate of drug-likeness (QED) is 0.348.